The zero-order valence-electron chi connectivity index (χ0n) is 11.4. The lowest BCUT2D eigenvalue weighted by atomic mass is 9.98. The summed E-state index contributed by atoms with van der Waals surface area (Å²) in [6.07, 6.45) is 9.12. The Labute approximate surface area is 122 Å². The van der Waals surface area contributed by atoms with Gasteiger partial charge in [0.25, 0.3) is 0 Å². The molecule has 0 aromatic carbocycles. The number of nitrogens with zero attached hydrogens (tertiary/aromatic N) is 1. The van der Waals surface area contributed by atoms with Crippen molar-refractivity contribution in [3.63, 3.8) is 0 Å². The van der Waals surface area contributed by atoms with Crippen molar-refractivity contribution >= 4 is 17.7 Å². The third-order valence-electron chi connectivity index (χ3n) is 4.25. The molecule has 20 heavy (non-hydrogen) atoms. The molecule has 1 unspecified atom stereocenters. The van der Waals surface area contributed by atoms with Crippen LogP contribution in [0, 0.1) is 0 Å². The monoisotopic (exact) mass is 293 g/mol. The van der Waals surface area contributed by atoms with Gasteiger partial charge in [0, 0.05) is 11.9 Å². The first kappa shape index (κ1) is 13.9. The number of pyridine rings is 1. The van der Waals surface area contributed by atoms with Crippen LogP contribution in [0.2, 0.25) is 0 Å². The lowest BCUT2D eigenvalue weighted by Gasteiger charge is -2.23. The molecule has 3 rings (SSSR count). The van der Waals surface area contributed by atoms with Crippen LogP contribution in [0.3, 0.4) is 0 Å². The second-order valence-corrected chi connectivity index (χ2v) is 6.71. The van der Waals surface area contributed by atoms with Crippen LogP contribution in [0.1, 0.15) is 48.9 Å². The first-order valence-corrected chi connectivity index (χ1v) is 8.15. The standard InChI is InChI=1S/C15H19NO3S/c17-14(18)11-3-4-13(16-9-11)20-10-12-5-8-15(19-12)6-1-2-7-15/h3-4,9,12H,1-2,5-8,10H2,(H,17,18). The molecule has 1 saturated heterocycles. The van der Waals surface area contributed by atoms with Gasteiger partial charge in [0.15, 0.2) is 0 Å². The quantitative estimate of drug-likeness (QED) is 0.863. The highest BCUT2D eigenvalue weighted by atomic mass is 32.2. The number of aromatic carboxylic acids is 1. The van der Waals surface area contributed by atoms with Crippen LogP contribution < -0.4 is 0 Å². The molecule has 4 nitrogen and oxygen atoms in total. The summed E-state index contributed by atoms with van der Waals surface area (Å²) in [6, 6.07) is 3.38. The minimum absolute atomic E-state index is 0.186. The Hall–Kier alpha value is -1.07. The molecule has 1 aliphatic heterocycles. The topological polar surface area (TPSA) is 59.4 Å². The number of thioether (sulfide) groups is 1. The number of rotatable bonds is 4. The number of aromatic nitrogens is 1. The maximum Gasteiger partial charge on any atom is 0.337 e. The third-order valence-corrected chi connectivity index (χ3v) is 5.33. The minimum atomic E-state index is -0.934. The highest BCUT2D eigenvalue weighted by molar-refractivity contribution is 7.99. The molecule has 0 amide bonds. The molecule has 2 aliphatic rings. The normalized spacial score (nSPS) is 24.3. The Morgan fingerprint density at radius 2 is 2.20 bits per heavy atom. The largest absolute Gasteiger partial charge is 0.478 e. The van der Waals surface area contributed by atoms with Crippen molar-refractivity contribution in [3.8, 4) is 0 Å². The van der Waals surface area contributed by atoms with E-state index in [-0.39, 0.29) is 11.2 Å². The predicted octanol–water partition coefficient (Wildman–Crippen LogP) is 3.36. The summed E-state index contributed by atoms with van der Waals surface area (Å²) in [5.41, 5.74) is 0.419. The molecular formula is C15H19NO3S. The molecule has 1 spiro atoms. The molecule has 1 atom stereocenters. The van der Waals surface area contributed by atoms with Gasteiger partial charge in [0.05, 0.1) is 22.3 Å². The molecule has 1 aliphatic carbocycles. The van der Waals surface area contributed by atoms with Crippen LogP contribution in [0.5, 0.6) is 0 Å². The first-order chi connectivity index (χ1) is 9.67. The zero-order chi connectivity index (χ0) is 14.0. The molecule has 2 fully saturated rings. The first-order valence-electron chi connectivity index (χ1n) is 7.17. The predicted molar refractivity (Wildman–Crippen MR) is 77.2 cm³/mol. The van der Waals surface area contributed by atoms with Crippen molar-refractivity contribution in [2.24, 2.45) is 0 Å². The average Bonchev–Trinajstić information content (AvgIpc) is 3.08. The van der Waals surface area contributed by atoms with Gasteiger partial charge in [-0.25, -0.2) is 9.78 Å². The summed E-state index contributed by atoms with van der Waals surface area (Å²) in [7, 11) is 0. The van der Waals surface area contributed by atoms with Gasteiger partial charge in [-0.3, -0.25) is 0 Å². The number of carboxylic acid groups (broad SMARTS) is 1. The highest BCUT2D eigenvalue weighted by Gasteiger charge is 2.41. The summed E-state index contributed by atoms with van der Waals surface area (Å²) in [6.45, 7) is 0. The van der Waals surface area contributed by atoms with Crippen molar-refractivity contribution in [2.75, 3.05) is 5.75 Å². The van der Waals surface area contributed by atoms with Crippen molar-refractivity contribution in [1.29, 1.82) is 0 Å². The number of hydrogen-bond donors (Lipinski definition) is 1. The molecular weight excluding hydrogens is 274 g/mol. The van der Waals surface area contributed by atoms with E-state index in [0.29, 0.717) is 6.10 Å². The van der Waals surface area contributed by atoms with E-state index in [1.165, 1.54) is 38.3 Å². The third kappa shape index (κ3) is 2.99. The van der Waals surface area contributed by atoms with Gasteiger partial charge in [0.1, 0.15) is 0 Å². The Morgan fingerprint density at radius 3 is 2.85 bits per heavy atom. The Kier molecular flexibility index (Phi) is 3.98. The molecule has 5 heteroatoms. The number of carboxylic acids is 1. The number of hydrogen-bond acceptors (Lipinski definition) is 4. The zero-order valence-corrected chi connectivity index (χ0v) is 12.2. The SMILES string of the molecule is O=C(O)c1ccc(SCC2CCC3(CCCC3)O2)nc1. The van der Waals surface area contributed by atoms with Gasteiger partial charge >= 0.3 is 5.97 Å². The van der Waals surface area contributed by atoms with Gasteiger partial charge in [-0.1, -0.05) is 12.8 Å². The van der Waals surface area contributed by atoms with Gasteiger partial charge in [-0.05, 0) is 37.8 Å². The second-order valence-electron chi connectivity index (χ2n) is 5.67. The summed E-state index contributed by atoms with van der Waals surface area (Å²) in [5, 5.41) is 9.70. The van der Waals surface area contributed by atoms with E-state index in [4.69, 9.17) is 9.84 Å². The average molecular weight is 293 g/mol. The summed E-state index contributed by atoms with van der Waals surface area (Å²) >= 11 is 1.65. The van der Waals surface area contributed by atoms with Crippen LogP contribution >= 0.6 is 11.8 Å². The van der Waals surface area contributed by atoms with Gasteiger partial charge in [-0.2, -0.15) is 0 Å². The number of ether oxygens (including phenoxy) is 1. The van der Waals surface area contributed by atoms with E-state index < -0.39 is 5.97 Å². The molecule has 108 valence electrons. The van der Waals surface area contributed by atoms with Gasteiger partial charge in [0.2, 0.25) is 0 Å². The lowest BCUT2D eigenvalue weighted by molar-refractivity contribution is -0.0267. The Balaban J connectivity index is 1.51. The maximum absolute atomic E-state index is 10.8. The minimum Gasteiger partial charge on any atom is -0.478 e. The molecule has 1 aromatic rings. The Morgan fingerprint density at radius 1 is 1.40 bits per heavy atom. The van der Waals surface area contributed by atoms with Crippen molar-refractivity contribution in [2.45, 2.75) is 55.3 Å². The van der Waals surface area contributed by atoms with E-state index in [1.807, 2.05) is 0 Å². The maximum atomic E-state index is 10.8. The number of carbonyl (C=O) groups is 1. The molecule has 0 radical (unpaired) electrons. The van der Waals surface area contributed by atoms with Crippen molar-refractivity contribution in [3.05, 3.63) is 23.9 Å². The molecule has 2 heterocycles. The molecule has 1 aromatic heterocycles. The van der Waals surface area contributed by atoms with Crippen LogP contribution in [-0.2, 0) is 4.74 Å². The fraction of sp³-hybridized carbons (Fsp3) is 0.600. The molecule has 1 saturated carbocycles. The van der Waals surface area contributed by atoms with Crippen LogP contribution in [0.25, 0.3) is 0 Å². The van der Waals surface area contributed by atoms with Crippen LogP contribution in [0.4, 0.5) is 0 Å². The molecule has 0 bridgehead atoms. The van der Waals surface area contributed by atoms with Crippen molar-refractivity contribution < 1.29 is 14.6 Å². The fourth-order valence-electron chi connectivity index (χ4n) is 3.17. The lowest BCUT2D eigenvalue weighted by Crippen LogP contribution is -2.25. The van der Waals surface area contributed by atoms with E-state index in [1.54, 1.807) is 23.9 Å². The smallest absolute Gasteiger partial charge is 0.337 e. The van der Waals surface area contributed by atoms with E-state index in [9.17, 15) is 4.79 Å². The Bertz CT molecular complexity index is 482. The van der Waals surface area contributed by atoms with Gasteiger partial charge in [-0.15, -0.1) is 11.8 Å². The van der Waals surface area contributed by atoms with Crippen LogP contribution in [-0.4, -0.2) is 33.5 Å². The van der Waals surface area contributed by atoms with E-state index >= 15 is 0 Å². The summed E-state index contributed by atoms with van der Waals surface area (Å²) < 4.78 is 6.25. The highest BCUT2D eigenvalue weighted by Crippen LogP contribution is 2.44. The fourth-order valence-corrected chi connectivity index (χ4v) is 4.05. The second kappa shape index (κ2) is 5.74. The summed E-state index contributed by atoms with van der Waals surface area (Å²) in [5.74, 6) is -0.0300. The molecule has 1 N–H and O–H groups in total. The summed E-state index contributed by atoms with van der Waals surface area (Å²) in [4.78, 5) is 14.9. The van der Waals surface area contributed by atoms with Crippen LogP contribution in [0.15, 0.2) is 23.4 Å². The van der Waals surface area contributed by atoms with E-state index in [0.717, 1.165) is 17.2 Å². The van der Waals surface area contributed by atoms with Gasteiger partial charge < -0.3 is 9.84 Å². The van der Waals surface area contributed by atoms with Crippen molar-refractivity contribution in [1.82, 2.24) is 4.98 Å². The van der Waals surface area contributed by atoms with E-state index in [2.05, 4.69) is 4.98 Å².